The predicted octanol–water partition coefficient (Wildman–Crippen LogP) is 3.24. The van der Waals surface area contributed by atoms with E-state index in [0.717, 1.165) is 16.8 Å². The normalized spacial score (nSPS) is 10.4. The number of rotatable bonds is 4. The monoisotopic (exact) mass is 370 g/mol. The lowest BCUT2D eigenvalue weighted by molar-refractivity contribution is -0.384. The van der Waals surface area contributed by atoms with Gasteiger partial charge in [0.25, 0.3) is 11.6 Å². The van der Waals surface area contributed by atoms with Crippen LogP contribution in [0.4, 0.5) is 11.4 Å². The Morgan fingerprint density at radius 2 is 1.88 bits per heavy atom. The van der Waals surface area contributed by atoms with Gasteiger partial charge in [-0.15, -0.1) is 0 Å². The number of carbonyl (C=O) groups is 1. The van der Waals surface area contributed by atoms with E-state index in [1.165, 1.54) is 24.3 Å². The summed E-state index contributed by atoms with van der Waals surface area (Å²) >= 11 is 5.14. The molecule has 0 unspecified atom stereocenters. The van der Waals surface area contributed by atoms with Crippen molar-refractivity contribution in [2.75, 3.05) is 5.32 Å². The van der Waals surface area contributed by atoms with Gasteiger partial charge in [-0.1, -0.05) is 24.3 Å². The van der Waals surface area contributed by atoms with E-state index >= 15 is 0 Å². The van der Waals surface area contributed by atoms with E-state index in [-0.39, 0.29) is 10.8 Å². The summed E-state index contributed by atoms with van der Waals surface area (Å²) in [5, 5.41) is 14.0. The first-order valence-electron chi connectivity index (χ1n) is 7.72. The number of aryl methyl sites for hydroxylation is 1. The zero-order chi connectivity index (χ0) is 19.1. The Hall–Kier alpha value is -3.26. The van der Waals surface area contributed by atoms with Crippen LogP contribution in [0.3, 0.4) is 0 Å². The van der Waals surface area contributed by atoms with Crippen LogP contribution < -0.4 is 16.2 Å². The van der Waals surface area contributed by atoms with Crippen molar-refractivity contribution in [1.82, 2.24) is 10.9 Å². The number of nitro groups is 1. The standard InChI is InChI=1S/C18H18N4O3S/c1-12-5-3-8-16(13(12)2)19-18(26)21-20-17(23)10-9-14-6-4-7-15(11-14)22(24)25/h3-11H,1-2H3,(H,20,23)(H2,19,21,26)/b10-9+. The fourth-order valence-electron chi connectivity index (χ4n) is 2.11. The molecule has 0 heterocycles. The minimum absolute atomic E-state index is 0.0374. The number of carbonyl (C=O) groups excluding carboxylic acids is 1. The fourth-order valence-corrected chi connectivity index (χ4v) is 2.28. The molecule has 134 valence electrons. The second kappa shape index (κ2) is 8.72. The number of hydrazine groups is 1. The molecule has 0 aliphatic carbocycles. The highest BCUT2D eigenvalue weighted by molar-refractivity contribution is 7.80. The van der Waals surface area contributed by atoms with Crippen molar-refractivity contribution in [1.29, 1.82) is 0 Å². The first-order valence-corrected chi connectivity index (χ1v) is 8.13. The predicted molar refractivity (Wildman–Crippen MR) is 106 cm³/mol. The second-order valence-corrected chi connectivity index (χ2v) is 5.91. The maximum absolute atomic E-state index is 11.8. The Morgan fingerprint density at radius 3 is 2.62 bits per heavy atom. The number of nitrogens with one attached hydrogen (secondary N) is 3. The molecule has 1 amide bonds. The number of hydrogen-bond donors (Lipinski definition) is 3. The van der Waals surface area contributed by atoms with E-state index in [0.29, 0.717) is 5.56 Å². The van der Waals surface area contributed by atoms with Gasteiger partial charge in [0, 0.05) is 23.9 Å². The van der Waals surface area contributed by atoms with Gasteiger partial charge in [-0.05, 0) is 54.9 Å². The minimum Gasteiger partial charge on any atom is -0.331 e. The maximum atomic E-state index is 11.8. The molecule has 0 aliphatic rings. The highest BCUT2D eigenvalue weighted by atomic mass is 32.1. The molecular formula is C18H18N4O3S. The van der Waals surface area contributed by atoms with Gasteiger partial charge in [0.15, 0.2) is 5.11 Å². The molecule has 2 aromatic rings. The Labute approximate surface area is 156 Å². The molecule has 0 atom stereocenters. The number of amides is 1. The molecule has 26 heavy (non-hydrogen) atoms. The molecule has 0 spiro atoms. The number of nitro benzene ring substituents is 1. The molecular weight excluding hydrogens is 352 g/mol. The third-order valence-corrected chi connectivity index (χ3v) is 3.86. The molecule has 0 bridgehead atoms. The smallest absolute Gasteiger partial charge is 0.270 e. The first-order chi connectivity index (χ1) is 12.4. The maximum Gasteiger partial charge on any atom is 0.270 e. The number of nitrogens with zero attached hydrogens (tertiary/aromatic N) is 1. The van der Waals surface area contributed by atoms with Gasteiger partial charge in [-0.3, -0.25) is 25.8 Å². The van der Waals surface area contributed by atoms with Crippen LogP contribution in [0.25, 0.3) is 6.08 Å². The lowest BCUT2D eigenvalue weighted by atomic mass is 10.1. The topological polar surface area (TPSA) is 96.3 Å². The van der Waals surface area contributed by atoms with Gasteiger partial charge >= 0.3 is 0 Å². The summed E-state index contributed by atoms with van der Waals surface area (Å²) in [6, 6.07) is 11.8. The van der Waals surface area contributed by atoms with E-state index in [1.807, 2.05) is 32.0 Å². The highest BCUT2D eigenvalue weighted by Gasteiger charge is 2.05. The number of hydrogen-bond acceptors (Lipinski definition) is 4. The SMILES string of the molecule is Cc1cccc(NC(=S)NNC(=O)/C=C/c2cccc([N+](=O)[O-])c2)c1C. The third-order valence-electron chi connectivity index (χ3n) is 3.66. The van der Waals surface area contributed by atoms with Crippen LogP contribution in [0.1, 0.15) is 16.7 Å². The third kappa shape index (κ3) is 5.38. The molecule has 3 N–H and O–H groups in total. The average Bonchev–Trinajstić information content (AvgIpc) is 2.62. The van der Waals surface area contributed by atoms with E-state index in [2.05, 4.69) is 16.2 Å². The second-order valence-electron chi connectivity index (χ2n) is 5.50. The molecule has 0 saturated heterocycles. The van der Waals surface area contributed by atoms with Gasteiger partial charge < -0.3 is 5.32 Å². The van der Waals surface area contributed by atoms with Crippen LogP contribution >= 0.6 is 12.2 Å². The van der Waals surface area contributed by atoms with Crippen LogP contribution in [-0.2, 0) is 4.79 Å². The summed E-state index contributed by atoms with van der Waals surface area (Å²) < 4.78 is 0. The van der Waals surface area contributed by atoms with Crippen LogP contribution in [0, 0.1) is 24.0 Å². The molecule has 2 rings (SSSR count). The number of thiocarbonyl (C=S) groups is 1. The summed E-state index contributed by atoms with van der Waals surface area (Å²) in [6.07, 6.45) is 2.73. The lowest BCUT2D eigenvalue weighted by Gasteiger charge is -2.13. The number of benzene rings is 2. The molecule has 0 saturated carbocycles. The summed E-state index contributed by atoms with van der Waals surface area (Å²) in [6.45, 7) is 3.97. The van der Waals surface area contributed by atoms with Crippen LogP contribution in [-0.4, -0.2) is 15.9 Å². The Balaban J connectivity index is 1.88. The van der Waals surface area contributed by atoms with E-state index in [4.69, 9.17) is 12.2 Å². The van der Waals surface area contributed by atoms with Crippen molar-refractivity contribution in [2.45, 2.75) is 13.8 Å². The number of anilines is 1. The van der Waals surface area contributed by atoms with Crippen LogP contribution in [0.5, 0.6) is 0 Å². The fraction of sp³-hybridized carbons (Fsp3) is 0.111. The molecule has 8 heteroatoms. The quantitative estimate of drug-likeness (QED) is 0.331. The van der Waals surface area contributed by atoms with E-state index in [9.17, 15) is 14.9 Å². The molecule has 0 aromatic heterocycles. The Bertz CT molecular complexity index is 880. The average molecular weight is 370 g/mol. The van der Waals surface area contributed by atoms with E-state index < -0.39 is 10.8 Å². The summed E-state index contributed by atoms with van der Waals surface area (Å²) in [5.74, 6) is -0.443. The van der Waals surface area contributed by atoms with Crippen molar-refractivity contribution in [3.8, 4) is 0 Å². The van der Waals surface area contributed by atoms with Gasteiger partial charge in [0.2, 0.25) is 0 Å². The molecule has 0 fully saturated rings. The Morgan fingerprint density at radius 1 is 1.15 bits per heavy atom. The zero-order valence-electron chi connectivity index (χ0n) is 14.3. The van der Waals surface area contributed by atoms with Crippen LogP contribution in [0.2, 0.25) is 0 Å². The van der Waals surface area contributed by atoms with Crippen molar-refractivity contribution in [3.63, 3.8) is 0 Å². The highest BCUT2D eigenvalue weighted by Crippen LogP contribution is 2.17. The first kappa shape index (κ1) is 19.1. The Kier molecular flexibility index (Phi) is 6.40. The summed E-state index contributed by atoms with van der Waals surface area (Å²) in [4.78, 5) is 22.1. The van der Waals surface area contributed by atoms with Gasteiger partial charge in [0.1, 0.15) is 0 Å². The van der Waals surface area contributed by atoms with Crippen LogP contribution in [0.15, 0.2) is 48.5 Å². The largest absolute Gasteiger partial charge is 0.331 e. The van der Waals surface area contributed by atoms with Crippen molar-refractivity contribution in [3.05, 3.63) is 75.3 Å². The van der Waals surface area contributed by atoms with Crippen molar-refractivity contribution >= 4 is 40.7 Å². The van der Waals surface area contributed by atoms with Crippen molar-refractivity contribution < 1.29 is 9.72 Å². The van der Waals surface area contributed by atoms with Gasteiger partial charge in [-0.2, -0.15) is 0 Å². The number of non-ortho nitro benzene ring substituents is 1. The lowest BCUT2D eigenvalue weighted by Crippen LogP contribution is -2.43. The van der Waals surface area contributed by atoms with E-state index in [1.54, 1.807) is 12.1 Å². The van der Waals surface area contributed by atoms with Gasteiger partial charge in [0.05, 0.1) is 4.92 Å². The van der Waals surface area contributed by atoms with Crippen molar-refractivity contribution in [2.24, 2.45) is 0 Å². The molecule has 2 aromatic carbocycles. The van der Waals surface area contributed by atoms with Gasteiger partial charge in [-0.25, -0.2) is 0 Å². The molecule has 0 radical (unpaired) electrons. The molecule has 0 aliphatic heterocycles. The summed E-state index contributed by atoms with van der Waals surface area (Å²) in [7, 11) is 0. The molecule has 7 nitrogen and oxygen atoms in total. The summed E-state index contributed by atoms with van der Waals surface area (Å²) in [5.41, 5.74) is 8.59. The zero-order valence-corrected chi connectivity index (χ0v) is 15.1. The minimum atomic E-state index is -0.490.